The Kier molecular flexibility index (Phi) is 5.08. The molecule has 2 aromatic heterocycles. The second-order valence-corrected chi connectivity index (χ2v) is 11.4. The van der Waals surface area contributed by atoms with Gasteiger partial charge in [-0.3, -0.25) is 14.2 Å². The Hall–Kier alpha value is -2.22. The molecule has 2 aromatic carbocycles. The molecule has 0 saturated heterocycles. The Labute approximate surface area is 201 Å². The number of fused-ring (bicyclic) bond motifs is 4. The van der Waals surface area contributed by atoms with Crippen LogP contribution in [-0.2, 0) is 19.3 Å². The average Bonchev–Trinajstić information content (AvgIpc) is 3.38. The molecule has 7 heteroatoms. The van der Waals surface area contributed by atoms with E-state index in [2.05, 4.69) is 15.9 Å². The summed E-state index contributed by atoms with van der Waals surface area (Å²) in [7, 11) is 0. The summed E-state index contributed by atoms with van der Waals surface area (Å²) in [5.74, 6) is 0.127. The first-order valence-corrected chi connectivity index (χ1v) is 13.2. The molecular formula is C25H19BrN2O2S2. The van der Waals surface area contributed by atoms with Gasteiger partial charge in [-0.2, -0.15) is 0 Å². The molecule has 0 amide bonds. The molecule has 1 atom stereocenters. The maximum atomic E-state index is 13.8. The van der Waals surface area contributed by atoms with Gasteiger partial charge in [0.25, 0.3) is 5.56 Å². The van der Waals surface area contributed by atoms with Crippen LogP contribution in [-0.4, -0.2) is 20.6 Å². The van der Waals surface area contributed by atoms with E-state index < -0.39 is 0 Å². The number of nitrogens with zero attached hydrogens (tertiary/aromatic N) is 2. The number of hydrogen-bond donors (Lipinski definition) is 0. The van der Waals surface area contributed by atoms with E-state index in [0.717, 1.165) is 63.6 Å². The fraction of sp³-hybridized carbons (Fsp3) is 0.240. The van der Waals surface area contributed by atoms with E-state index in [1.165, 1.54) is 22.2 Å². The predicted molar refractivity (Wildman–Crippen MR) is 134 cm³/mol. The minimum absolute atomic E-state index is 0.0251. The summed E-state index contributed by atoms with van der Waals surface area (Å²) in [5, 5.41) is 1.11. The lowest BCUT2D eigenvalue weighted by molar-refractivity contribution is 0.0979. The van der Waals surface area contributed by atoms with Gasteiger partial charge >= 0.3 is 0 Å². The van der Waals surface area contributed by atoms with Crippen LogP contribution in [0.3, 0.4) is 0 Å². The van der Waals surface area contributed by atoms with Gasteiger partial charge in [0, 0.05) is 14.9 Å². The standard InChI is InChI=1S/C25H19BrN2O2S2/c26-15-9-11-16(12-10-15)28-24(30)21-18-6-3-7-19(18)31-23(21)27-25(28)32-20-13-8-14-4-1-2-5-17(14)22(20)29/h1-2,4-5,9-12,20H,3,6-8,13H2/t20-/m0/s1. The molecule has 0 fully saturated rings. The van der Waals surface area contributed by atoms with Crippen molar-refractivity contribution in [2.24, 2.45) is 0 Å². The number of ketones is 1. The minimum Gasteiger partial charge on any atom is -0.293 e. The van der Waals surface area contributed by atoms with Gasteiger partial charge in [-0.25, -0.2) is 4.98 Å². The fourth-order valence-electron chi connectivity index (χ4n) is 4.73. The van der Waals surface area contributed by atoms with Crippen LogP contribution in [0.25, 0.3) is 15.9 Å². The largest absolute Gasteiger partial charge is 0.293 e. The smallest absolute Gasteiger partial charge is 0.267 e. The molecule has 0 radical (unpaired) electrons. The molecule has 4 aromatic rings. The van der Waals surface area contributed by atoms with Gasteiger partial charge in [-0.05, 0) is 67.5 Å². The van der Waals surface area contributed by atoms with Crippen LogP contribution in [0.5, 0.6) is 0 Å². The first kappa shape index (κ1) is 20.4. The summed E-state index contributed by atoms with van der Waals surface area (Å²) in [5.41, 5.74) is 3.83. The molecule has 2 heterocycles. The van der Waals surface area contributed by atoms with Crippen molar-refractivity contribution in [3.05, 3.63) is 84.9 Å². The molecule has 0 N–H and O–H groups in total. The van der Waals surface area contributed by atoms with Gasteiger partial charge in [0.05, 0.1) is 16.3 Å². The van der Waals surface area contributed by atoms with Crippen molar-refractivity contribution in [2.75, 3.05) is 0 Å². The minimum atomic E-state index is -0.247. The van der Waals surface area contributed by atoms with Crippen molar-refractivity contribution in [3.63, 3.8) is 0 Å². The van der Waals surface area contributed by atoms with E-state index in [-0.39, 0.29) is 16.6 Å². The average molecular weight is 523 g/mol. The van der Waals surface area contributed by atoms with Crippen LogP contribution >= 0.6 is 39.0 Å². The Morgan fingerprint density at radius 2 is 1.84 bits per heavy atom. The molecule has 0 saturated carbocycles. The van der Waals surface area contributed by atoms with E-state index in [9.17, 15) is 9.59 Å². The maximum Gasteiger partial charge on any atom is 0.267 e. The van der Waals surface area contributed by atoms with E-state index in [4.69, 9.17) is 4.98 Å². The Morgan fingerprint density at radius 1 is 1.03 bits per heavy atom. The van der Waals surface area contributed by atoms with Crippen LogP contribution in [0.1, 0.15) is 39.2 Å². The lowest BCUT2D eigenvalue weighted by atomic mass is 9.90. The molecule has 0 spiro atoms. The Bertz CT molecular complexity index is 1440. The van der Waals surface area contributed by atoms with E-state index >= 15 is 0 Å². The summed E-state index contributed by atoms with van der Waals surface area (Å²) in [6.07, 6.45) is 4.67. The summed E-state index contributed by atoms with van der Waals surface area (Å²) in [6.45, 7) is 0. The number of rotatable bonds is 3. The third-order valence-electron chi connectivity index (χ3n) is 6.29. The maximum absolute atomic E-state index is 13.8. The highest BCUT2D eigenvalue weighted by Gasteiger charge is 2.31. The summed E-state index contributed by atoms with van der Waals surface area (Å²) in [6, 6.07) is 15.5. The number of benzene rings is 2. The van der Waals surface area contributed by atoms with Crippen molar-refractivity contribution in [1.82, 2.24) is 9.55 Å². The van der Waals surface area contributed by atoms with Crippen LogP contribution in [0.15, 0.2) is 63.0 Å². The number of Topliss-reactive ketones (excluding diaryl/α,β-unsaturated/α-hetero) is 1. The van der Waals surface area contributed by atoms with Crippen LogP contribution in [0, 0.1) is 0 Å². The number of thioether (sulfide) groups is 1. The monoisotopic (exact) mass is 522 g/mol. The van der Waals surface area contributed by atoms with E-state index in [1.807, 2.05) is 48.5 Å². The zero-order valence-corrected chi connectivity index (χ0v) is 20.4. The van der Waals surface area contributed by atoms with Gasteiger partial charge in [-0.1, -0.05) is 52.0 Å². The highest BCUT2D eigenvalue weighted by atomic mass is 79.9. The molecular weight excluding hydrogens is 504 g/mol. The molecule has 0 aliphatic heterocycles. The number of hydrogen-bond acceptors (Lipinski definition) is 5. The number of aryl methyl sites for hydroxylation is 3. The lowest BCUT2D eigenvalue weighted by Gasteiger charge is -2.23. The zero-order valence-electron chi connectivity index (χ0n) is 17.1. The van der Waals surface area contributed by atoms with Gasteiger partial charge in [0.1, 0.15) is 4.83 Å². The topological polar surface area (TPSA) is 52.0 Å². The van der Waals surface area contributed by atoms with Crippen molar-refractivity contribution in [1.29, 1.82) is 0 Å². The molecule has 0 unspecified atom stereocenters. The van der Waals surface area contributed by atoms with Crippen LogP contribution in [0.2, 0.25) is 0 Å². The fourth-order valence-corrected chi connectivity index (χ4v) is 7.47. The number of carbonyl (C=O) groups is 1. The highest BCUT2D eigenvalue weighted by Crippen LogP contribution is 2.38. The number of thiophene rings is 1. The van der Waals surface area contributed by atoms with Crippen LogP contribution < -0.4 is 5.56 Å². The molecule has 32 heavy (non-hydrogen) atoms. The van der Waals surface area contributed by atoms with Crippen molar-refractivity contribution in [2.45, 2.75) is 42.5 Å². The molecule has 2 aliphatic carbocycles. The molecule has 0 bridgehead atoms. The number of halogens is 1. The van der Waals surface area contributed by atoms with Gasteiger partial charge < -0.3 is 0 Å². The van der Waals surface area contributed by atoms with Crippen molar-refractivity contribution >= 4 is 55.0 Å². The lowest BCUT2D eigenvalue weighted by Crippen LogP contribution is -2.27. The van der Waals surface area contributed by atoms with E-state index in [1.54, 1.807) is 15.9 Å². The van der Waals surface area contributed by atoms with Gasteiger partial charge in [-0.15, -0.1) is 11.3 Å². The number of carbonyl (C=O) groups excluding carboxylic acids is 1. The van der Waals surface area contributed by atoms with Crippen molar-refractivity contribution < 1.29 is 4.79 Å². The Balaban J connectivity index is 1.50. The highest BCUT2D eigenvalue weighted by molar-refractivity contribution is 9.10. The first-order valence-electron chi connectivity index (χ1n) is 10.7. The normalized spacial score (nSPS) is 17.5. The summed E-state index contributed by atoms with van der Waals surface area (Å²) >= 11 is 6.55. The molecule has 4 nitrogen and oxygen atoms in total. The molecule has 6 rings (SSSR count). The summed E-state index contributed by atoms with van der Waals surface area (Å²) < 4.78 is 2.66. The quantitative estimate of drug-likeness (QED) is 0.310. The molecule has 160 valence electrons. The van der Waals surface area contributed by atoms with E-state index in [0.29, 0.717) is 5.16 Å². The third-order valence-corrected chi connectivity index (χ3v) is 9.23. The second-order valence-electron chi connectivity index (χ2n) is 8.22. The summed E-state index contributed by atoms with van der Waals surface area (Å²) in [4.78, 5) is 34.1. The second kappa shape index (κ2) is 7.97. The van der Waals surface area contributed by atoms with Gasteiger partial charge in [0.2, 0.25) is 0 Å². The predicted octanol–water partition coefficient (Wildman–Crippen LogP) is 5.99. The number of aromatic nitrogens is 2. The first-order chi connectivity index (χ1) is 15.6. The van der Waals surface area contributed by atoms with Crippen LogP contribution in [0.4, 0.5) is 0 Å². The molecule has 2 aliphatic rings. The SMILES string of the molecule is O=C1c2ccccc2CC[C@@H]1Sc1nc2sc3c(c2c(=O)n1-c1ccc(Br)cc1)CCC3. The third kappa shape index (κ3) is 3.29. The zero-order chi connectivity index (χ0) is 21.8. The van der Waals surface area contributed by atoms with Gasteiger partial charge in [0.15, 0.2) is 10.9 Å². The van der Waals surface area contributed by atoms with Crippen molar-refractivity contribution in [3.8, 4) is 5.69 Å². The Morgan fingerprint density at radius 3 is 2.69 bits per heavy atom.